The molecule has 0 saturated heterocycles. The Hall–Kier alpha value is -1.16. The van der Waals surface area contributed by atoms with Gasteiger partial charge in [-0.3, -0.25) is 4.40 Å². The molecule has 1 fully saturated rings. The number of hydrogen-bond donors (Lipinski definition) is 2. The molecule has 9 heteroatoms. The molecule has 2 heterocycles. The molecule has 2 N–H and O–H groups in total. The van der Waals surface area contributed by atoms with Gasteiger partial charge in [0, 0.05) is 31.8 Å². The van der Waals surface area contributed by atoms with Crippen LogP contribution >= 0.6 is 11.3 Å². The molecular weight excluding hydrogens is 312 g/mol. The van der Waals surface area contributed by atoms with Gasteiger partial charge in [0.2, 0.25) is 0 Å². The first-order valence-corrected chi connectivity index (χ1v) is 9.10. The minimum absolute atomic E-state index is 0.0890. The van der Waals surface area contributed by atoms with E-state index in [4.69, 9.17) is 4.74 Å². The van der Waals surface area contributed by atoms with Gasteiger partial charge in [-0.05, 0) is 19.3 Å². The van der Waals surface area contributed by atoms with Crippen LogP contribution in [0.3, 0.4) is 0 Å². The minimum Gasteiger partial charge on any atom is -0.381 e. The minimum atomic E-state index is -3.63. The van der Waals surface area contributed by atoms with Crippen molar-refractivity contribution in [1.29, 1.82) is 0 Å². The molecule has 2 aromatic rings. The summed E-state index contributed by atoms with van der Waals surface area (Å²) in [7, 11) is -0.304. The fraction of sp³-hybridized carbons (Fsp3) is 0.583. The third kappa shape index (κ3) is 2.66. The molecule has 0 radical (unpaired) electrons. The van der Waals surface area contributed by atoms with E-state index in [0.29, 0.717) is 17.2 Å². The normalized spacial score (nSPS) is 23.0. The standard InChI is InChI=1S/C12H18N4O3S2/c1-13-10-11(16-5-6-20-12(16)14-10)21(17,18)15-8-3-4-9(7-8)19-2/h5-6,8-9,13,15H,3-4,7H2,1-2H3. The van der Waals surface area contributed by atoms with Gasteiger partial charge in [-0.1, -0.05) is 0 Å². The van der Waals surface area contributed by atoms with Crippen molar-refractivity contribution in [2.75, 3.05) is 19.5 Å². The third-order valence-electron chi connectivity index (χ3n) is 3.75. The molecule has 116 valence electrons. The fourth-order valence-corrected chi connectivity index (χ4v) is 5.07. The summed E-state index contributed by atoms with van der Waals surface area (Å²) in [6.45, 7) is 0. The van der Waals surface area contributed by atoms with Crippen molar-refractivity contribution < 1.29 is 13.2 Å². The van der Waals surface area contributed by atoms with E-state index in [0.717, 1.165) is 12.8 Å². The Morgan fingerprint density at radius 2 is 2.29 bits per heavy atom. The highest BCUT2D eigenvalue weighted by molar-refractivity contribution is 7.89. The summed E-state index contributed by atoms with van der Waals surface area (Å²) >= 11 is 1.40. The van der Waals surface area contributed by atoms with Gasteiger partial charge in [0.25, 0.3) is 10.0 Å². The van der Waals surface area contributed by atoms with Crippen molar-refractivity contribution in [3.05, 3.63) is 11.6 Å². The van der Waals surface area contributed by atoms with E-state index in [-0.39, 0.29) is 17.2 Å². The Bertz CT molecular complexity index is 737. The van der Waals surface area contributed by atoms with Crippen LogP contribution in [0.25, 0.3) is 4.96 Å². The van der Waals surface area contributed by atoms with Crippen LogP contribution in [0, 0.1) is 0 Å². The molecule has 21 heavy (non-hydrogen) atoms. The number of nitrogens with one attached hydrogen (secondary N) is 2. The second kappa shape index (κ2) is 5.56. The van der Waals surface area contributed by atoms with Crippen molar-refractivity contribution in [3.63, 3.8) is 0 Å². The maximum Gasteiger partial charge on any atom is 0.260 e. The summed E-state index contributed by atoms with van der Waals surface area (Å²) in [6, 6.07) is -0.0890. The number of imidazole rings is 1. The van der Waals surface area contributed by atoms with E-state index in [1.54, 1.807) is 24.8 Å². The lowest BCUT2D eigenvalue weighted by molar-refractivity contribution is 0.107. The predicted molar refractivity (Wildman–Crippen MR) is 81.4 cm³/mol. The number of ether oxygens (including phenoxy) is 1. The zero-order valence-corrected chi connectivity index (χ0v) is 13.5. The van der Waals surface area contributed by atoms with E-state index in [9.17, 15) is 8.42 Å². The lowest BCUT2D eigenvalue weighted by atomic mass is 10.3. The summed E-state index contributed by atoms with van der Waals surface area (Å²) in [5, 5.41) is 4.84. The number of sulfonamides is 1. The molecule has 1 aliphatic rings. The summed E-state index contributed by atoms with van der Waals surface area (Å²) in [5.41, 5.74) is 0. The van der Waals surface area contributed by atoms with Gasteiger partial charge in [0.15, 0.2) is 15.8 Å². The zero-order valence-electron chi connectivity index (χ0n) is 11.9. The van der Waals surface area contributed by atoms with Gasteiger partial charge in [0.1, 0.15) is 0 Å². The smallest absolute Gasteiger partial charge is 0.260 e. The highest BCUT2D eigenvalue weighted by Crippen LogP contribution is 2.28. The van der Waals surface area contributed by atoms with Gasteiger partial charge in [0.05, 0.1) is 6.10 Å². The Balaban J connectivity index is 1.91. The molecule has 0 aliphatic heterocycles. The van der Waals surface area contributed by atoms with E-state index >= 15 is 0 Å². The topological polar surface area (TPSA) is 84.7 Å². The number of aromatic nitrogens is 2. The largest absolute Gasteiger partial charge is 0.381 e. The zero-order chi connectivity index (χ0) is 15.0. The number of fused-ring (bicyclic) bond motifs is 1. The highest BCUT2D eigenvalue weighted by atomic mass is 32.2. The molecule has 0 bridgehead atoms. The maximum absolute atomic E-state index is 12.7. The Labute approximate surface area is 127 Å². The van der Waals surface area contributed by atoms with Crippen LogP contribution in [0.4, 0.5) is 5.82 Å². The van der Waals surface area contributed by atoms with Gasteiger partial charge in [-0.2, -0.15) is 0 Å². The van der Waals surface area contributed by atoms with Crippen LogP contribution in [-0.4, -0.2) is 44.1 Å². The summed E-state index contributed by atoms with van der Waals surface area (Å²) in [6.07, 6.45) is 4.22. The first kappa shape index (κ1) is 14.8. The molecule has 2 atom stereocenters. The Kier molecular flexibility index (Phi) is 3.91. The van der Waals surface area contributed by atoms with Crippen molar-refractivity contribution in [2.45, 2.75) is 36.4 Å². The van der Waals surface area contributed by atoms with Crippen LogP contribution < -0.4 is 10.0 Å². The fourth-order valence-electron chi connectivity index (χ4n) is 2.72. The van der Waals surface area contributed by atoms with Crippen LogP contribution in [-0.2, 0) is 14.8 Å². The van der Waals surface area contributed by atoms with Crippen LogP contribution in [0.15, 0.2) is 16.6 Å². The third-order valence-corrected chi connectivity index (χ3v) is 6.05. The average molecular weight is 330 g/mol. The second-order valence-electron chi connectivity index (χ2n) is 5.06. The monoisotopic (exact) mass is 330 g/mol. The number of nitrogens with zero attached hydrogens (tertiary/aromatic N) is 2. The van der Waals surface area contributed by atoms with Crippen molar-refractivity contribution in [3.8, 4) is 0 Å². The maximum atomic E-state index is 12.7. The van der Waals surface area contributed by atoms with Crippen LogP contribution in [0.1, 0.15) is 19.3 Å². The van der Waals surface area contributed by atoms with Gasteiger partial charge in [-0.15, -0.1) is 11.3 Å². The number of rotatable bonds is 5. The SMILES string of the molecule is CNc1nc2sccn2c1S(=O)(=O)NC1CCC(OC)C1. The number of anilines is 1. The first-order chi connectivity index (χ1) is 10.0. The molecule has 1 saturated carbocycles. The molecule has 3 rings (SSSR count). The number of hydrogen-bond acceptors (Lipinski definition) is 6. The summed E-state index contributed by atoms with van der Waals surface area (Å²) < 4.78 is 35.0. The quantitative estimate of drug-likeness (QED) is 0.863. The number of methoxy groups -OCH3 is 1. The highest BCUT2D eigenvalue weighted by Gasteiger charge is 2.32. The Morgan fingerprint density at radius 3 is 2.95 bits per heavy atom. The number of thiazole rings is 1. The molecule has 2 unspecified atom stereocenters. The van der Waals surface area contributed by atoms with Gasteiger partial charge in [-0.25, -0.2) is 18.1 Å². The van der Waals surface area contributed by atoms with E-state index in [1.165, 1.54) is 11.3 Å². The van der Waals surface area contributed by atoms with E-state index in [2.05, 4.69) is 15.0 Å². The van der Waals surface area contributed by atoms with Crippen molar-refractivity contribution >= 4 is 32.1 Å². The van der Waals surface area contributed by atoms with E-state index in [1.807, 2.05) is 5.38 Å². The molecule has 0 aromatic carbocycles. The van der Waals surface area contributed by atoms with Crippen LogP contribution in [0.2, 0.25) is 0 Å². The van der Waals surface area contributed by atoms with Crippen molar-refractivity contribution in [1.82, 2.24) is 14.1 Å². The molecule has 1 aliphatic carbocycles. The van der Waals surface area contributed by atoms with Crippen LogP contribution in [0.5, 0.6) is 0 Å². The second-order valence-corrected chi connectivity index (χ2v) is 7.56. The summed E-state index contributed by atoms with van der Waals surface area (Å²) in [4.78, 5) is 4.94. The predicted octanol–water partition coefficient (Wildman–Crippen LogP) is 1.28. The van der Waals surface area contributed by atoms with E-state index < -0.39 is 10.0 Å². The van der Waals surface area contributed by atoms with Gasteiger partial charge < -0.3 is 10.1 Å². The lowest BCUT2D eigenvalue weighted by Gasteiger charge is -2.13. The Morgan fingerprint density at radius 1 is 1.48 bits per heavy atom. The molecule has 0 spiro atoms. The van der Waals surface area contributed by atoms with Crippen molar-refractivity contribution in [2.24, 2.45) is 0 Å². The first-order valence-electron chi connectivity index (χ1n) is 6.73. The molecule has 7 nitrogen and oxygen atoms in total. The molecule has 2 aromatic heterocycles. The molecule has 0 amide bonds. The summed E-state index contributed by atoms with van der Waals surface area (Å²) in [5.74, 6) is 0.371. The molecular formula is C12H18N4O3S2. The lowest BCUT2D eigenvalue weighted by Crippen LogP contribution is -2.34. The van der Waals surface area contributed by atoms with Gasteiger partial charge >= 0.3 is 0 Å². The average Bonchev–Trinajstić information content (AvgIpc) is 3.11.